The van der Waals surface area contributed by atoms with Crippen molar-refractivity contribution < 1.29 is 18.7 Å². The lowest BCUT2D eigenvalue weighted by molar-refractivity contribution is -0.00257. The summed E-state index contributed by atoms with van der Waals surface area (Å²) in [6.45, 7) is 3.69. The zero-order chi connectivity index (χ0) is 22.2. The number of carbonyl (C=O) groups is 1. The van der Waals surface area contributed by atoms with Crippen LogP contribution in [0, 0.1) is 5.92 Å². The predicted octanol–water partition coefficient (Wildman–Crippen LogP) is 5.23. The molecule has 0 radical (unpaired) electrons. The van der Waals surface area contributed by atoms with Crippen molar-refractivity contribution >= 4 is 16.8 Å². The lowest BCUT2D eigenvalue weighted by Crippen LogP contribution is -2.41. The standard InChI is InChI=1S/C24H27F2N3O2/c1-24(2,31)16-7-9-17(10-8-16)29-23(30)15-5-3-14(4-6-15)20-18-11-12-27-21(18)19(13-28-20)22(25)26/h3-6,11-13,16-17,22,27,31H,7-10H2,1-2H3,(H,29,30)/t16-,17-. The number of halogens is 2. The van der Waals surface area contributed by atoms with Crippen LogP contribution in [0.1, 0.15) is 61.9 Å². The minimum absolute atomic E-state index is 0.105. The number of benzene rings is 1. The number of pyridine rings is 1. The van der Waals surface area contributed by atoms with Gasteiger partial charge in [-0.1, -0.05) is 12.1 Å². The SMILES string of the molecule is CC(C)(O)[C@H]1CC[C@H](NC(=O)c2ccc(-c3ncc(C(F)F)c4[nH]ccc34)cc2)CC1. The van der Waals surface area contributed by atoms with Crippen LogP contribution in [0.25, 0.3) is 22.2 Å². The minimum Gasteiger partial charge on any atom is -0.390 e. The van der Waals surface area contributed by atoms with Crippen molar-refractivity contribution in [2.24, 2.45) is 5.92 Å². The topological polar surface area (TPSA) is 78.0 Å². The molecule has 4 rings (SSSR count). The average molecular weight is 427 g/mol. The summed E-state index contributed by atoms with van der Waals surface area (Å²) in [5, 5.41) is 13.9. The highest BCUT2D eigenvalue weighted by molar-refractivity contribution is 5.97. The molecule has 0 atom stereocenters. The van der Waals surface area contributed by atoms with Gasteiger partial charge in [-0.15, -0.1) is 0 Å². The quantitative estimate of drug-likeness (QED) is 0.522. The van der Waals surface area contributed by atoms with Crippen molar-refractivity contribution in [2.75, 3.05) is 0 Å². The fourth-order valence-corrected chi connectivity index (χ4v) is 4.46. The highest BCUT2D eigenvalue weighted by atomic mass is 19.3. The number of aromatic nitrogens is 2. The van der Waals surface area contributed by atoms with Gasteiger partial charge < -0.3 is 15.4 Å². The maximum absolute atomic E-state index is 13.2. The lowest BCUT2D eigenvalue weighted by atomic mass is 9.77. The van der Waals surface area contributed by atoms with Gasteiger partial charge in [-0.25, -0.2) is 8.78 Å². The van der Waals surface area contributed by atoms with E-state index in [4.69, 9.17) is 0 Å². The molecule has 1 fully saturated rings. The van der Waals surface area contributed by atoms with E-state index in [0.29, 0.717) is 22.2 Å². The van der Waals surface area contributed by atoms with E-state index in [2.05, 4.69) is 15.3 Å². The molecule has 1 aliphatic carbocycles. The van der Waals surface area contributed by atoms with Gasteiger partial charge in [0.15, 0.2) is 0 Å². The fourth-order valence-electron chi connectivity index (χ4n) is 4.46. The summed E-state index contributed by atoms with van der Waals surface area (Å²) >= 11 is 0. The van der Waals surface area contributed by atoms with Crippen molar-refractivity contribution in [3.63, 3.8) is 0 Å². The van der Waals surface area contributed by atoms with E-state index in [9.17, 15) is 18.7 Å². The maximum Gasteiger partial charge on any atom is 0.267 e. The molecule has 1 amide bonds. The van der Waals surface area contributed by atoms with Gasteiger partial charge in [0.2, 0.25) is 0 Å². The van der Waals surface area contributed by atoms with Gasteiger partial charge in [0.05, 0.1) is 22.4 Å². The molecule has 0 unspecified atom stereocenters. The summed E-state index contributed by atoms with van der Waals surface area (Å²) in [4.78, 5) is 19.8. The van der Waals surface area contributed by atoms with Gasteiger partial charge in [0, 0.05) is 34.9 Å². The van der Waals surface area contributed by atoms with E-state index in [1.165, 1.54) is 6.20 Å². The molecule has 0 bridgehead atoms. The number of aliphatic hydroxyl groups is 1. The van der Waals surface area contributed by atoms with Gasteiger partial charge in [-0.3, -0.25) is 9.78 Å². The minimum atomic E-state index is -2.60. The van der Waals surface area contributed by atoms with Crippen molar-refractivity contribution in [2.45, 2.75) is 57.6 Å². The number of aromatic amines is 1. The van der Waals surface area contributed by atoms with Crippen LogP contribution in [-0.2, 0) is 0 Å². The molecule has 0 aliphatic heterocycles. The number of fused-ring (bicyclic) bond motifs is 1. The lowest BCUT2D eigenvalue weighted by Gasteiger charge is -2.36. The summed E-state index contributed by atoms with van der Waals surface area (Å²) < 4.78 is 26.4. The summed E-state index contributed by atoms with van der Waals surface area (Å²) in [7, 11) is 0. The summed E-state index contributed by atoms with van der Waals surface area (Å²) in [5.41, 5.74) is 1.47. The molecule has 31 heavy (non-hydrogen) atoms. The Kier molecular flexibility index (Phi) is 5.79. The molecule has 1 aromatic carbocycles. The molecular formula is C24H27F2N3O2. The van der Waals surface area contributed by atoms with E-state index in [-0.39, 0.29) is 23.4 Å². The van der Waals surface area contributed by atoms with E-state index in [1.54, 1.807) is 36.5 Å². The van der Waals surface area contributed by atoms with Crippen LogP contribution in [0.5, 0.6) is 0 Å². The van der Waals surface area contributed by atoms with Crippen LogP contribution < -0.4 is 5.32 Å². The molecule has 2 aromatic heterocycles. The summed E-state index contributed by atoms with van der Waals surface area (Å²) in [6, 6.07) is 8.87. The summed E-state index contributed by atoms with van der Waals surface area (Å²) in [6.07, 6.45) is 3.70. The molecule has 0 saturated heterocycles. The monoisotopic (exact) mass is 427 g/mol. The van der Waals surface area contributed by atoms with Crippen molar-refractivity contribution in [1.82, 2.24) is 15.3 Å². The van der Waals surface area contributed by atoms with Crippen molar-refractivity contribution in [3.05, 3.63) is 53.9 Å². The number of hydrogen-bond donors (Lipinski definition) is 3. The Hall–Kier alpha value is -2.80. The number of amides is 1. The number of H-pyrrole nitrogens is 1. The Morgan fingerprint density at radius 3 is 2.45 bits per heavy atom. The van der Waals surface area contributed by atoms with Crippen LogP contribution in [0.15, 0.2) is 42.7 Å². The number of nitrogens with one attached hydrogen (secondary N) is 2. The van der Waals surface area contributed by atoms with Crippen LogP contribution in [0.4, 0.5) is 8.78 Å². The second-order valence-electron chi connectivity index (χ2n) is 8.88. The van der Waals surface area contributed by atoms with Crippen LogP contribution in [0.3, 0.4) is 0 Å². The third-order valence-corrected chi connectivity index (χ3v) is 6.34. The molecule has 5 nitrogen and oxygen atoms in total. The molecule has 1 saturated carbocycles. The van der Waals surface area contributed by atoms with Gasteiger partial charge in [-0.05, 0) is 63.6 Å². The van der Waals surface area contributed by atoms with E-state index in [0.717, 1.165) is 31.2 Å². The second kappa shape index (κ2) is 8.38. The largest absolute Gasteiger partial charge is 0.390 e. The fraction of sp³-hybridized carbons (Fsp3) is 0.417. The van der Waals surface area contributed by atoms with Crippen LogP contribution in [0.2, 0.25) is 0 Å². The zero-order valence-corrected chi connectivity index (χ0v) is 17.7. The number of hydrogen-bond acceptors (Lipinski definition) is 3. The third-order valence-electron chi connectivity index (χ3n) is 6.34. The smallest absolute Gasteiger partial charge is 0.267 e. The first kappa shape index (κ1) is 21.4. The first-order valence-electron chi connectivity index (χ1n) is 10.6. The molecule has 2 heterocycles. The number of rotatable bonds is 5. The first-order chi connectivity index (χ1) is 14.7. The molecular weight excluding hydrogens is 400 g/mol. The highest BCUT2D eigenvalue weighted by Gasteiger charge is 2.31. The maximum atomic E-state index is 13.2. The predicted molar refractivity (Wildman–Crippen MR) is 116 cm³/mol. The Labute approximate surface area is 179 Å². The Balaban J connectivity index is 1.46. The van der Waals surface area contributed by atoms with E-state index in [1.807, 2.05) is 13.8 Å². The number of nitrogens with zero attached hydrogens (tertiary/aromatic N) is 1. The van der Waals surface area contributed by atoms with E-state index < -0.39 is 12.0 Å². The van der Waals surface area contributed by atoms with Gasteiger partial charge >= 0.3 is 0 Å². The van der Waals surface area contributed by atoms with Gasteiger partial charge in [0.25, 0.3) is 12.3 Å². The third kappa shape index (κ3) is 4.46. The number of alkyl halides is 2. The Morgan fingerprint density at radius 2 is 1.84 bits per heavy atom. The molecule has 1 aliphatic rings. The van der Waals surface area contributed by atoms with Gasteiger partial charge in [0.1, 0.15) is 0 Å². The Morgan fingerprint density at radius 1 is 1.16 bits per heavy atom. The molecule has 0 spiro atoms. The van der Waals surface area contributed by atoms with Crippen molar-refractivity contribution in [1.29, 1.82) is 0 Å². The van der Waals surface area contributed by atoms with Crippen LogP contribution in [-0.4, -0.2) is 32.6 Å². The first-order valence-corrected chi connectivity index (χ1v) is 10.6. The normalized spacial score (nSPS) is 19.7. The highest BCUT2D eigenvalue weighted by Crippen LogP contribution is 2.34. The molecule has 3 N–H and O–H groups in total. The molecule has 7 heteroatoms. The van der Waals surface area contributed by atoms with Crippen LogP contribution >= 0.6 is 0 Å². The molecule has 3 aromatic rings. The van der Waals surface area contributed by atoms with Crippen molar-refractivity contribution in [3.8, 4) is 11.3 Å². The zero-order valence-electron chi connectivity index (χ0n) is 17.7. The number of carbonyl (C=O) groups excluding carboxylic acids is 1. The second-order valence-corrected chi connectivity index (χ2v) is 8.88. The summed E-state index contributed by atoms with van der Waals surface area (Å²) in [5.74, 6) is 0.125. The van der Waals surface area contributed by atoms with E-state index >= 15 is 0 Å². The Bertz CT molecular complexity index is 1060. The average Bonchev–Trinajstić information content (AvgIpc) is 3.22. The molecule has 164 valence electrons. The van der Waals surface area contributed by atoms with Gasteiger partial charge in [-0.2, -0.15) is 0 Å².